The van der Waals surface area contributed by atoms with Crippen molar-refractivity contribution in [3.63, 3.8) is 0 Å². The predicted octanol–water partition coefficient (Wildman–Crippen LogP) is 2.46. The van der Waals surface area contributed by atoms with Crippen LogP contribution in [-0.4, -0.2) is 57.5 Å². The molecular weight excluding hydrogens is 498 g/mol. The highest BCUT2D eigenvalue weighted by Gasteiger charge is 2.27. The smallest absolute Gasteiger partial charge is 0.330 e. The van der Waals surface area contributed by atoms with E-state index in [2.05, 4.69) is 6.92 Å². The lowest BCUT2D eigenvalue weighted by Crippen LogP contribution is -1.97. The van der Waals surface area contributed by atoms with Gasteiger partial charge < -0.3 is 44.9 Å². The molecule has 0 unspecified atom stereocenters. The number of rotatable bonds is 14. The van der Waals surface area contributed by atoms with E-state index in [0.717, 1.165) is 6.54 Å². The average molecular weight is 537 g/mol. The third-order valence-electron chi connectivity index (χ3n) is 3.29. The van der Waals surface area contributed by atoms with E-state index in [-0.39, 0.29) is 0 Å². The van der Waals surface area contributed by atoms with Crippen molar-refractivity contribution in [3.05, 3.63) is 0 Å². The first-order chi connectivity index (χ1) is 13.8. The fourth-order valence-electron chi connectivity index (χ4n) is 2.11. The molecule has 31 heavy (non-hydrogen) atoms. The van der Waals surface area contributed by atoms with Gasteiger partial charge in [-0.2, -0.15) is 0 Å². The summed E-state index contributed by atoms with van der Waals surface area (Å²) in [7, 11) is -18.2. The average Bonchev–Trinajstić information content (AvgIpc) is 2.47. The SMILES string of the molecule is CCCCCCCCCCCCN.O=P(O)(O)CP(=O)(O)O.O=P(O)(O)CP(=O)(O)O. The van der Waals surface area contributed by atoms with E-state index >= 15 is 0 Å². The first kappa shape index (κ1) is 36.1. The minimum absolute atomic E-state index is 0.872. The standard InChI is InChI=1S/C12H27N.2CH6O6P2/c1-2-3-4-5-6-7-8-9-10-11-12-13;2*2-8(3,4)1-9(5,6)7/h2-13H2,1H3;2*1H2,(H2,2,3,4)(H2,5,6,7). The van der Waals surface area contributed by atoms with Gasteiger partial charge in [0.15, 0.2) is 11.8 Å². The summed E-state index contributed by atoms with van der Waals surface area (Å²) in [6, 6.07) is 0. The molecule has 0 aliphatic rings. The molecule has 0 aliphatic heterocycles. The Morgan fingerprint density at radius 3 is 0.871 bits per heavy atom. The summed E-state index contributed by atoms with van der Waals surface area (Å²) in [4.78, 5) is 63.8. The lowest BCUT2D eigenvalue weighted by molar-refractivity contribution is 0.352. The topological polar surface area (TPSA) is 256 Å². The van der Waals surface area contributed by atoms with Crippen molar-refractivity contribution in [1.82, 2.24) is 0 Å². The third kappa shape index (κ3) is 49.0. The van der Waals surface area contributed by atoms with Crippen molar-refractivity contribution in [2.75, 3.05) is 18.4 Å². The zero-order valence-electron chi connectivity index (χ0n) is 17.8. The molecule has 0 saturated carbocycles. The highest BCUT2D eigenvalue weighted by molar-refractivity contribution is 7.69. The molecule has 0 aromatic carbocycles. The summed E-state index contributed by atoms with van der Waals surface area (Å²) < 4.78 is 39.4. The summed E-state index contributed by atoms with van der Waals surface area (Å²) in [6.45, 7) is 3.14. The molecule has 0 aliphatic carbocycles. The summed E-state index contributed by atoms with van der Waals surface area (Å²) in [5, 5.41) is 0. The molecule has 192 valence electrons. The molecule has 17 heteroatoms. The Morgan fingerprint density at radius 1 is 0.484 bits per heavy atom. The summed E-state index contributed by atoms with van der Waals surface area (Å²) in [6.07, 6.45) is 13.9. The Balaban J connectivity index is -0.000000390. The Hall–Kier alpha value is 0.560. The minimum Gasteiger partial charge on any atom is -0.330 e. The van der Waals surface area contributed by atoms with E-state index in [1.165, 1.54) is 64.2 Å². The van der Waals surface area contributed by atoms with Crippen LogP contribution in [0.4, 0.5) is 0 Å². The van der Waals surface area contributed by atoms with Crippen molar-refractivity contribution < 1.29 is 57.4 Å². The van der Waals surface area contributed by atoms with Crippen LogP contribution < -0.4 is 5.73 Å². The van der Waals surface area contributed by atoms with Crippen molar-refractivity contribution >= 4 is 30.4 Å². The van der Waals surface area contributed by atoms with Crippen LogP contribution in [0.15, 0.2) is 0 Å². The normalized spacial score (nSPS) is 12.5. The van der Waals surface area contributed by atoms with Crippen LogP contribution in [0.3, 0.4) is 0 Å². The molecule has 0 radical (unpaired) electrons. The zero-order valence-corrected chi connectivity index (χ0v) is 21.3. The monoisotopic (exact) mass is 537 g/mol. The fraction of sp³-hybridized carbons (Fsp3) is 1.00. The molecule has 0 bridgehead atoms. The van der Waals surface area contributed by atoms with Gasteiger partial charge in [-0.15, -0.1) is 0 Å². The number of hydrogen-bond donors (Lipinski definition) is 9. The van der Waals surface area contributed by atoms with E-state index in [0.29, 0.717) is 0 Å². The summed E-state index contributed by atoms with van der Waals surface area (Å²) in [5.74, 6) is -2.75. The molecular formula is C14H39NO12P4. The van der Waals surface area contributed by atoms with Gasteiger partial charge >= 0.3 is 30.4 Å². The van der Waals surface area contributed by atoms with Gasteiger partial charge in [0.1, 0.15) is 0 Å². The lowest BCUT2D eigenvalue weighted by atomic mass is 10.1. The number of hydrogen-bond acceptors (Lipinski definition) is 5. The number of unbranched alkanes of at least 4 members (excludes halogenated alkanes) is 9. The maximum Gasteiger partial charge on any atom is 0.337 e. The third-order valence-corrected chi connectivity index (χ3v) is 9.19. The fourth-order valence-corrected chi connectivity index (χ4v) is 5.95. The first-order valence-corrected chi connectivity index (χ1v) is 16.9. The molecule has 10 N–H and O–H groups in total. The largest absolute Gasteiger partial charge is 0.337 e. The Labute approximate surface area is 183 Å². The van der Waals surface area contributed by atoms with E-state index < -0.39 is 42.2 Å². The van der Waals surface area contributed by atoms with Crippen LogP contribution in [0, 0.1) is 0 Å². The zero-order chi connectivity index (χ0) is 25.2. The van der Waals surface area contributed by atoms with E-state index in [9.17, 15) is 18.3 Å². The van der Waals surface area contributed by atoms with Crippen LogP contribution in [0.1, 0.15) is 71.1 Å². The van der Waals surface area contributed by atoms with Gasteiger partial charge in [0, 0.05) is 0 Å². The Kier molecular flexibility index (Phi) is 22.1. The van der Waals surface area contributed by atoms with Crippen LogP contribution >= 0.6 is 30.4 Å². The molecule has 13 nitrogen and oxygen atoms in total. The second kappa shape index (κ2) is 18.9. The van der Waals surface area contributed by atoms with Gasteiger partial charge in [0.05, 0.1) is 0 Å². The molecule has 0 aromatic rings. The van der Waals surface area contributed by atoms with Gasteiger partial charge in [-0.25, -0.2) is 0 Å². The highest BCUT2D eigenvalue weighted by Crippen LogP contribution is 2.52. The Bertz CT molecular complexity index is 516. The predicted molar refractivity (Wildman–Crippen MR) is 119 cm³/mol. The van der Waals surface area contributed by atoms with Crippen molar-refractivity contribution in [3.8, 4) is 0 Å². The van der Waals surface area contributed by atoms with Crippen molar-refractivity contribution in [2.24, 2.45) is 5.73 Å². The molecule has 0 fully saturated rings. The second-order valence-corrected chi connectivity index (χ2v) is 14.5. The maximum atomic E-state index is 9.85. The van der Waals surface area contributed by atoms with Crippen LogP contribution in [0.5, 0.6) is 0 Å². The quantitative estimate of drug-likeness (QED) is 0.114. The molecule has 0 rings (SSSR count). The minimum atomic E-state index is -4.55. The van der Waals surface area contributed by atoms with E-state index in [4.69, 9.17) is 44.9 Å². The van der Waals surface area contributed by atoms with Crippen LogP contribution in [0.25, 0.3) is 0 Å². The summed E-state index contributed by atoms with van der Waals surface area (Å²) >= 11 is 0. The highest BCUT2D eigenvalue weighted by atomic mass is 31.2. The molecule has 0 spiro atoms. The van der Waals surface area contributed by atoms with Gasteiger partial charge in [-0.05, 0) is 13.0 Å². The molecule has 0 amide bonds. The van der Waals surface area contributed by atoms with Crippen molar-refractivity contribution in [1.29, 1.82) is 0 Å². The molecule has 0 heterocycles. The van der Waals surface area contributed by atoms with Gasteiger partial charge in [0.2, 0.25) is 0 Å². The molecule has 0 saturated heterocycles. The second-order valence-electron chi connectivity index (χ2n) is 6.91. The van der Waals surface area contributed by atoms with Crippen LogP contribution in [-0.2, 0) is 18.3 Å². The van der Waals surface area contributed by atoms with Crippen LogP contribution in [0.2, 0.25) is 0 Å². The molecule has 0 atom stereocenters. The van der Waals surface area contributed by atoms with Gasteiger partial charge in [-0.3, -0.25) is 18.3 Å². The number of nitrogens with two attached hydrogens (primary N) is 1. The van der Waals surface area contributed by atoms with Crippen molar-refractivity contribution in [2.45, 2.75) is 71.1 Å². The van der Waals surface area contributed by atoms with E-state index in [1.54, 1.807) is 0 Å². The summed E-state index contributed by atoms with van der Waals surface area (Å²) in [5.41, 5.74) is 5.42. The maximum absolute atomic E-state index is 9.85. The lowest BCUT2D eigenvalue weighted by Gasteiger charge is -2.03. The van der Waals surface area contributed by atoms with Gasteiger partial charge in [-0.1, -0.05) is 64.7 Å². The Morgan fingerprint density at radius 2 is 0.710 bits per heavy atom. The van der Waals surface area contributed by atoms with Gasteiger partial charge in [0.25, 0.3) is 0 Å². The van der Waals surface area contributed by atoms with E-state index in [1.807, 2.05) is 0 Å². The first-order valence-electron chi connectivity index (χ1n) is 9.71. The molecule has 0 aromatic heterocycles.